The van der Waals surface area contributed by atoms with Crippen molar-refractivity contribution in [1.82, 2.24) is 15.3 Å². The highest BCUT2D eigenvalue weighted by molar-refractivity contribution is 7.80. The van der Waals surface area contributed by atoms with Crippen LogP contribution in [0.1, 0.15) is 19.8 Å². The summed E-state index contributed by atoms with van der Waals surface area (Å²) in [6.07, 6.45) is 2.47. The van der Waals surface area contributed by atoms with Gasteiger partial charge in [0, 0.05) is 45.9 Å². The minimum absolute atomic E-state index is 0.504. The van der Waals surface area contributed by atoms with Crippen LogP contribution >= 0.6 is 12.2 Å². The average Bonchev–Trinajstić information content (AvgIpc) is 2.68. The van der Waals surface area contributed by atoms with Gasteiger partial charge >= 0.3 is 0 Å². The average molecular weight is 395 g/mol. The van der Waals surface area contributed by atoms with E-state index in [1.165, 1.54) is 12.8 Å². The number of nitrogens with zero attached hydrogens (tertiary/aromatic N) is 4. The van der Waals surface area contributed by atoms with Crippen LogP contribution in [0.15, 0.2) is 6.07 Å². The summed E-state index contributed by atoms with van der Waals surface area (Å²) in [5, 5.41) is 6.74. The molecule has 3 heterocycles. The fourth-order valence-electron chi connectivity index (χ4n) is 3.40. The van der Waals surface area contributed by atoms with Gasteiger partial charge in [-0.05, 0) is 31.0 Å². The molecule has 3 rings (SSSR count). The minimum atomic E-state index is 0.504. The van der Waals surface area contributed by atoms with Gasteiger partial charge in [0.25, 0.3) is 0 Å². The quantitative estimate of drug-likeness (QED) is 0.551. The van der Waals surface area contributed by atoms with E-state index >= 15 is 0 Å². The largest absolute Gasteiger partial charge is 0.383 e. The highest BCUT2D eigenvalue weighted by Gasteiger charge is 2.21. The standard InChI is InChI=1S/C18H30N6O2S/c1-14-4-3-6-24(13-14)16-12-15(23-7-10-26-11-8-23)20-17(21-16)22-18(27)19-5-9-25-2/h12,14H,3-11,13H2,1-2H3,(H2,19,20,21,22,27)/t14-/m0/s1. The Balaban J connectivity index is 1.78. The number of methoxy groups -OCH3 is 1. The molecular weight excluding hydrogens is 364 g/mol. The zero-order valence-electron chi connectivity index (χ0n) is 16.2. The van der Waals surface area contributed by atoms with Crippen LogP contribution in [0.4, 0.5) is 17.6 Å². The van der Waals surface area contributed by atoms with Gasteiger partial charge < -0.3 is 29.9 Å². The van der Waals surface area contributed by atoms with Gasteiger partial charge in [-0.2, -0.15) is 9.97 Å². The van der Waals surface area contributed by atoms with Crippen molar-refractivity contribution < 1.29 is 9.47 Å². The Morgan fingerprint density at radius 1 is 1.26 bits per heavy atom. The summed E-state index contributed by atoms with van der Waals surface area (Å²) in [6, 6.07) is 2.09. The third kappa shape index (κ3) is 5.88. The van der Waals surface area contributed by atoms with Gasteiger partial charge in [0.2, 0.25) is 5.95 Å². The fraction of sp³-hybridized carbons (Fsp3) is 0.722. The number of thiocarbonyl (C=S) groups is 1. The monoisotopic (exact) mass is 394 g/mol. The summed E-state index contributed by atoms with van der Waals surface area (Å²) in [6.45, 7) is 8.69. The van der Waals surface area contributed by atoms with E-state index in [4.69, 9.17) is 31.7 Å². The summed E-state index contributed by atoms with van der Waals surface area (Å²) in [4.78, 5) is 14.0. The molecule has 0 radical (unpaired) electrons. The zero-order valence-corrected chi connectivity index (χ0v) is 17.1. The lowest BCUT2D eigenvalue weighted by Crippen LogP contribution is -2.38. The number of hydrogen-bond acceptors (Lipinski definition) is 7. The molecule has 9 heteroatoms. The number of ether oxygens (including phenoxy) is 2. The van der Waals surface area contributed by atoms with Crippen LogP contribution in [-0.4, -0.2) is 74.7 Å². The van der Waals surface area contributed by atoms with Crippen molar-refractivity contribution >= 4 is 34.9 Å². The topological polar surface area (TPSA) is 74.8 Å². The van der Waals surface area contributed by atoms with Crippen molar-refractivity contribution in [2.24, 2.45) is 5.92 Å². The SMILES string of the molecule is COCCNC(=S)Nc1nc(N2CCOCC2)cc(N2CCC[C@H](C)C2)n1. The predicted octanol–water partition coefficient (Wildman–Crippen LogP) is 1.48. The Morgan fingerprint density at radius 2 is 2.00 bits per heavy atom. The molecule has 1 aromatic rings. The summed E-state index contributed by atoms with van der Waals surface area (Å²) >= 11 is 5.36. The van der Waals surface area contributed by atoms with Gasteiger partial charge in [0.05, 0.1) is 19.8 Å². The third-order valence-corrected chi connectivity index (χ3v) is 5.08. The summed E-state index contributed by atoms with van der Waals surface area (Å²) < 4.78 is 10.5. The molecule has 2 aliphatic rings. The molecular formula is C18H30N6O2S. The van der Waals surface area contributed by atoms with E-state index in [1.807, 2.05) is 0 Å². The molecule has 1 aromatic heterocycles. The second kappa shape index (κ2) is 10.0. The van der Waals surface area contributed by atoms with Crippen molar-refractivity contribution in [2.75, 3.05) is 74.8 Å². The lowest BCUT2D eigenvalue weighted by atomic mass is 10.0. The maximum absolute atomic E-state index is 5.48. The van der Waals surface area contributed by atoms with Crippen molar-refractivity contribution in [2.45, 2.75) is 19.8 Å². The second-order valence-corrected chi connectivity index (χ2v) is 7.48. The first-order chi connectivity index (χ1) is 13.2. The van der Waals surface area contributed by atoms with Crippen LogP contribution in [0.3, 0.4) is 0 Å². The second-order valence-electron chi connectivity index (χ2n) is 7.07. The smallest absolute Gasteiger partial charge is 0.232 e. The highest BCUT2D eigenvalue weighted by atomic mass is 32.1. The van der Waals surface area contributed by atoms with E-state index in [0.717, 1.165) is 51.0 Å². The first-order valence-corrected chi connectivity index (χ1v) is 10.1. The van der Waals surface area contributed by atoms with Crippen molar-refractivity contribution in [3.05, 3.63) is 6.07 Å². The Bertz CT molecular complexity index is 626. The number of anilines is 3. The number of rotatable bonds is 6. The fourth-order valence-corrected chi connectivity index (χ4v) is 3.60. The van der Waals surface area contributed by atoms with Crippen LogP contribution < -0.4 is 20.4 Å². The van der Waals surface area contributed by atoms with Crippen molar-refractivity contribution in [3.8, 4) is 0 Å². The molecule has 150 valence electrons. The molecule has 2 aliphatic heterocycles. The predicted molar refractivity (Wildman–Crippen MR) is 112 cm³/mol. The van der Waals surface area contributed by atoms with E-state index in [1.54, 1.807) is 7.11 Å². The van der Waals surface area contributed by atoms with E-state index in [-0.39, 0.29) is 0 Å². The lowest BCUT2D eigenvalue weighted by Gasteiger charge is -2.33. The van der Waals surface area contributed by atoms with Gasteiger partial charge in [-0.25, -0.2) is 0 Å². The normalized spacial score (nSPS) is 20.4. The first kappa shape index (κ1) is 20.0. The molecule has 0 bridgehead atoms. The minimum Gasteiger partial charge on any atom is -0.383 e. The molecule has 0 unspecified atom stereocenters. The molecule has 2 fully saturated rings. The molecule has 27 heavy (non-hydrogen) atoms. The molecule has 0 saturated carbocycles. The van der Waals surface area contributed by atoms with E-state index in [2.05, 4.69) is 33.4 Å². The Morgan fingerprint density at radius 3 is 2.70 bits per heavy atom. The van der Waals surface area contributed by atoms with Crippen LogP contribution in [0.5, 0.6) is 0 Å². The number of piperidine rings is 1. The molecule has 8 nitrogen and oxygen atoms in total. The molecule has 0 aromatic carbocycles. The summed E-state index contributed by atoms with van der Waals surface area (Å²) in [5.41, 5.74) is 0. The van der Waals surface area contributed by atoms with Crippen LogP contribution in [0.25, 0.3) is 0 Å². The molecule has 2 saturated heterocycles. The van der Waals surface area contributed by atoms with Crippen molar-refractivity contribution in [3.63, 3.8) is 0 Å². The Hall–Kier alpha value is -1.71. The van der Waals surface area contributed by atoms with Crippen LogP contribution in [0.2, 0.25) is 0 Å². The maximum atomic E-state index is 5.48. The van der Waals surface area contributed by atoms with E-state index in [9.17, 15) is 0 Å². The van der Waals surface area contributed by atoms with E-state index < -0.39 is 0 Å². The Labute approximate surface area is 166 Å². The summed E-state index contributed by atoms with van der Waals surface area (Å²) in [7, 11) is 1.67. The third-order valence-electron chi connectivity index (χ3n) is 4.83. The number of hydrogen-bond donors (Lipinski definition) is 2. The lowest BCUT2D eigenvalue weighted by molar-refractivity contribution is 0.122. The summed E-state index contributed by atoms with van der Waals surface area (Å²) in [5.74, 6) is 3.08. The van der Waals surface area contributed by atoms with Gasteiger partial charge in [-0.3, -0.25) is 0 Å². The Kier molecular flexibility index (Phi) is 7.42. The number of morpholine rings is 1. The first-order valence-electron chi connectivity index (χ1n) is 9.66. The molecule has 1 atom stereocenters. The van der Waals surface area contributed by atoms with Gasteiger partial charge in [0.1, 0.15) is 11.6 Å². The maximum Gasteiger partial charge on any atom is 0.232 e. The molecule has 0 amide bonds. The number of nitrogens with one attached hydrogen (secondary N) is 2. The van der Waals surface area contributed by atoms with Crippen molar-refractivity contribution in [1.29, 1.82) is 0 Å². The molecule has 0 spiro atoms. The van der Waals surface area contributed by atoms with Gasteiger partial charge in [-0.15, -0.1) is 0 Å². The zero-order chi connectivity index (χ0) is 19.1. The van der Waals surface area contributed by atoms with E-state index in [0.29, 0.717) is 30.1 Å². The van der Waals surface area contributed by atoms with Gasteiger partial charge in [-0.1, -0.05) is 6.92 Å². The van der Waals surface area contributed by atoms with Crippen LogP contribution in [0, 0.1) is 5.92 Å². The van der Waals surface area contributed by atoms with Gasteiger partial charge in [0.15, 0.2) is 5.11 Å². The molecule has 0 aliphatic carbocycles. The number of aromatic nitrogens is 2. The van der Waals surface area contributed by atoms with Crippen LogP contribution in [-0.2, 0) is 9.47 Å². The highest BCUT2D eigenvalue weighted by Crippen LogP contribution is 2.26. The molecule has 2 N–H and O–H groups in total.